The number of allylic oxidation sites excluding steroid dienone is 1. The van der Waals surface area contributed by atoms with Crippen LogP contribution in [-0.4, -0.2) is 17.5 Å². The van der Waals surface area contributed by atoms with E-state index in [2.05, 4.69) is 6.58 Å². The molecule has 0 saturated heterocycles. The Balaban J connectivity index is 4.82. The van der Waals surface area contributed by atoms with Gasteiger partial charge in [-0.15, -0.1) is 0 Å². The maximum Gasteiger partial charge on any atom is 0.411 e. The summed E-state index contributed by atoms with van der Waals surface area (Å²) in [6, 6.07) is 0. The highest BCUT2D eigenvalue weighted by atomic mass is 19.4. The summed E-state index contributed by atoms with van der Waals surface area (Å²) in [6.45, 7) is 2.17. The lowest BCUT2D eigenvalue weighted by Gasteiger charge is -2.20. The molecule has 0 aliphatic heterocycles. The fourth-order valence-corrected chi connectivity index (χ4v) is 0.488. The van der Waals surface area contributed by atoms with E-state index in [0.29, 0.717) is 0 Å². The molecule has 0 amide bonds. The molecule has 0 unspecified atom stereocenters. The predicted molar refractivity (Wildman–Crippen MR) is 27.1 cm³/mol. The first-order chi connectivity index (χ1) is 5.07. The summed E-state index contributed by atoms with van der Waals surface area (Å²) in [5.41, 5.74) is 0. The second-order valence-electron chi connectivity index (χ2n) is 1.82. The maximum absolute atomic E-state index is 11.5. The van der Waals surface area contributed by atoms with Crippen LogP contribution < -0.4 is 0 Å². The van der Waals surface area contributed by atoms with E-state index in [1.165, 1.54) is 0 Å². The Labute approximate surface area is 63.3 Å². The lowest BCUT2D eigenvalue weighted by Crippen LogP contribution is -2.35. The summed E-state index contributed by atoms with van der Waals surface area (Å²) in [5, 5.41) is 8.01. The minimum Gasteiger partial charge on any atom is -0.512 e. The Bertz CT molecular complexity index is 163. The molecule has 0 saturated carbocycles. The molecule has 1 nitrogen and oxygen atoms in total. The van der Waals surface area contributed by atoms with Crippen molar-refractivity contribution < 1.29 is 31.4 Å². The summed E-state index contributed by atoms with van der Waals surface area (Å²) in [6.07, 6.45) is -11.3. The van der Waals surface area contributed by atoms with Gasteiger partial charge >= 0.3 is 12.4 Å². The van der Waals surface area contributed by atoms with Crippen LogP contribution in [0.4, 0.5) is 26.3 Å². The number of aliphatic hydroxyl groups excluding tert-OH is 1. The molecule has 0 aromatic carbocycles. The van der Waals surface area contributed by atoms with Gasteiger partial charge < -0.3 is 5.11 Å². The third kappa shape index (κ3) is 2.63. The molecule has 0 spiro atoms. The number of hydrogen-bond acceptors (Lipinski definition) is 1. The van der Waals surface area contributed by atoms with Crippen molar-refractivity contribution in [3.8, 4) is 0 Å². The van der Waals surface area contributed by atoms with E-state index in [-0.39, 0.29) is 0 Å². The van der Waals surface area contributed by atoms with Crippen molar-refractivity contribution in [1.82, 2.24) is 0 Å². The number of alkyl halides is 6. The lowest BCUT2D eigenvalue weighted by molar-refractivity contribution is -0.203. The molecule has 1 N–H and O–H groups in total. The second-order valence-corrected chi connectivity index (χ2v) is 1.82. The molecule has 0 atom stereocenters. The van der Waals surface area contributed by atoms with Gasteiger partial charge in [0.25, 0.3) is 0 Å². The van der Waals surface area contributed by atoms with E-state index in [9.17, 15) is 26.3 Å². The molecule has 1 radical (unpaired) electrons. The Morgan fingerprint density at radius 2 is 1.17 bits per heavy atom. The molecule has 0 heterocycles. The molecule has 12 heavy (non-hydrogen) atoms. The molecule has 71 valence electrons. The molecular formula is C5H3F6O. The fraction of sp³-hybridized carbons (Fsp3) is 0.400. The zero-order chi connectivity index (χ0) is 10.2. The van der Waals surface area contributed by atoms with Crippen molar-refractivity contribution >= 4 is 0 Å². The third-order valence-corrected chi connectivity index (χ3v) is 0.856. The van der Waals surface area contributed by atoms with Crippen molar-refractivity contribution in [2.75, 3.05) is 0 Å². The second kappa shape index (κ2) is 2.87. The molecule has 0 bridgehead atoms. The van der Waals surface area contributed by atoms with Crippen LogP contribution in [0.3, 0.4) is 0 Å². The number of aliphatic hydroxyl groups is 1. The van der Waals surface area contributed by atoms with Gasteiger partial charge in [-0.05, 0) is 0 Å². The lowest BCUT2D eigenvalue weighted by atomic mass is 10.1. The molecule has 0 fully saturated rings. The van der Waals surface area contributed by atoms with Gasteiger partial charge in [0.1, 0.15) is 5.76 Å². The van der Waals surface area contributed by atoms with Crippen LogP contribution in [0.5, 0.6) is 0 Å². The summed E-state index contributed by atoms with van der Waals surface area (Å²) in [4.78, 5) is 0. The van der Waals surface area contributed by atoms with Gasteiger partial charge in [-0.3, -0.25) is 0 Å². The standard InChI is InChI=1S/C5H3F6O/c1-2(12)3(4(6,7)8)5(9,10)11/h12H,1H2. The Hall–Kier alpha value is -0.880. The molecule has 0 aromatic heterocycles. The summed E-state index contributed by atoms with van der Waals surface area (Å²) in [5.74, 6) is -5.01. The first-order valence-electron chi connectivity index (χ1n) is 2.46. The van der Waals surface area contributed by atoms with Crippen LogP contribution in [0.1, 0.15) is 0 Å². The zero-order valence-electron chi connectivity index (χ0n) is 5.42. The third-order valence-electron chi connectivity index (χ3n) is 0.856. The van der Waals surface area contributed by atoms with Crippen LogP contribution in [-0.2, 0) is 0 Å². The van der Waals surface area contributed by atoms with Gasteiger partial charge in [0.15, 0.2) is 0 Å². The van der Waals surface area contributed by atoms with E-state index in [0.717, 1.165) is 0 Å². The Kier molecular flexibility index (Phi) is 2.66. The quantitative estimate of drug-likeness (QED) is 0.501. The molecule has 0 rings (SSSR count). The number of halogens is 6. The van der Waals surface area contributed by atoms with Crippen molar-refractivity contribution in [3.63, 3.8) is 0 Å². The van der Waals surface area contributed by atoms with E-state index in [4.69, 9.17) is 5.11 Å². The van der Waals surface area contributed by atoms with Gasteiger partial charge in [-0.1, -0.05) is 6.58 Å². The first-order valence-corrected chi connectivity index (χ1v) is 2.46. The molecule has 7 heteroatoms. The zero-order valence-corrected chi connectivity index (χ0v) is 5.42. The largest absolute Gasteiger partial charge is 0.512 e. The van der Waals surface area contributed by atoms with Gasteiger partial charge in [-0.2, -0.15) is 26.3 Å². The van der Waals surface area contributed by atoms with Crippen LogP contribution in [0.25, 0.3) is 0 Å². The summed E-state index contributed by atoms with van der Waals surface area (Å²) in [7, 11) is 0. The van der Waals surface area contributed by atoms with Crippen molar-refractivity contribution in [2.24, 2.45) is 0 Å². The normalized spacial score (nSPS) is 13.6. The predicted octanol–water partition coefficient (Wildman–Crippen LogP) is 2.76. The topological polar surface area (TPSA) is 20.2 Å². The Morgan fingerprint density at radius 1 is 0.917 bits per heavy atom. The van der Waals surface area contributed by atoms with Gasteiger partial charge in [0.05, 0.1) is 0 Å². The maximum atomic E-state index is 11.5. The smallest absolute Gasteiger partial charge is 0.411 e. The van der Waals surface area contributed by atoms with Crippen LogP contribution in [0.15, 0.2) is 12.3 Å². The van der Waals surface area contributed by atoms with E-state index >= 15 is 0 Å². The highest BCUT2D eigenvalue weighted by molar-refractivity contribution is 5.22. The fourth-order valence-electron chi connectivity index (χ4n) is 0.488. The van der Waals surface area contributed by atoms with Gasteiger partial charge in [-0.25, -0.2) is 0 Å². The SMILES string of the molecule is C=C(O)[C](C(F)(F)F)C(F)(F)F. The monoisotopic (exact) mass is 193 g/mol. The molecule has 0 aromatic rings. The van der Waals surface area contributed by atoms with E-state index < -0.39 is 24.0 Å². The Morgan fingerprint density at radius 3 is 1.17 bits per heavy atom. The number of hydrogen-bond donors (Lipinski definition) is 1. The highest BCUT2D eigenvalue weighted by Crippen LogP contribution is 2.44. The van der Waals surface area contributed by atoms with Crippen molar-refractivity contribution in [3.05, 3.63) is 18.3 Å². The van der Waals surface area contributed by atoms with Gasteiger partial charge in [0, 0.05) is 0 Å². The van der Waals surface area contributed by atoms with Gasteiger partial charge in [0.2, 0.25) is 5.92 Å². The van der Waals surface area contributed by atoms with Crippen LogP contribution in [0, 0.1) is 5.92 Å². The summed E-state index contributed by atoms with van der Waals surface area (Å²) < 4.78 is 68.9. The summed E-state index contributed by atoms with van der Waals surface area (Å²) >= 11 is 0. The van der Waals surface area contributed by atoms with E-state index in [1.54, 1.807) is 0 Å². The minimum absolute atomic E-state index is 2.03. The van der Waals surface area contributed by atoms with Crippen LogP contribution >= 0.6 is 0 Å². The number of rotatable bonds is 1. The van der Waals surface area contributed by atoms with Crippen molar-refractivity contribution in [1.29, 1.82) is 0 Å². The first kappa shape index (κ1) is 11.1. The van der Waals surface area contributed by atoms with E-state index in [1.807, 2.05) is 0 Å². The minimum atomic E-state index is -5.63. The molecule has 0 aliphatic carbocycles. The molecular weight excluding hydrogens is 190 g/mol. The van der Waals surface area contributed by atoms with Crippen molar-refractivity contribution in [2.45, 2.75) is 12.4 Å². The molecule has 0 aliphatic rings. The highest BCUT2D eigenvalue weighted by Gasteiger charge is 2.59. The average molecular weight is 193 g/mol. The average Bonchev–Trinajstić information content (AvgIpc) is 1.49. The van der Waals surface area contributed by atoms with Crippen LogP contribution in [0.2, 0.25) is 0 Å².